The monoisotopic (exact) mass is 227 g/mol. The van der Waals surface area contributed by atoms with E-state index in [9.17, 15) is 9.59 Å². The van der Waals surface area contributed by atoms with Crippen LogP contribution in [0, 0.1) is 0 Å². The Morgan fingerprint density at radius 2 is 2.19 bits per heavy atom. The highest BCUT2D eigenvalue weighted by Gasteiger charge is 2.23. The van der Waals surface area contributed by atoms with E-state index in [4.69, 9.17) is 10.2 Å². The molecule has 0 bridgehead atoms. The van der Waals surface area contributed by atoms with Crippen molar-refractivity contribution in [3.05, 3.63) is 18.2 Å². The van der Waals surface area contributed by atoms with Crippen molar-refractivity contribution in [2.75, 3.05) is 0 Å². The maximum Gasteiger partial charge on any atom is 0.321 e. The second-order valence-corrected chi connectivity index (χ2v) is 3.40. The predicted molar refractivity (Wildman–Crippen MR) is 53.9 cm³/mol. The number of nitrogens with zero attached hydrogens (tertiary/aromatic N) is 1. The zero-order valence-electron chi connectivity index (χ0n) is 8.67. The Morgan fingerprint density at radius 1 is 1.50 bits per heavy atom. The Labute approximate surface area is 91.5 Å². The van der Waals surface area contributed by atoms with E-state index in [0.717, 1.165) is 0 Å². The minimum absolute atomic E-state index is 0.160. The van der Waals surface area contributed by atoms with Gasteiger partial charge in [-0.2, -0.15) is 0 Å². The van der Waals surface area contributed by atoms with Crippen molar-refractivity contribution in [3.63, 3.8) is 0 Å². The van der Waals surface area contributed by atoms with Crippen LogP contribution in [0.2, 0.25) is 0 Å². The highest BCUT2D eigenvalue weighted by atomic mass is 16.4. The first-order valence-corrected chi connectivity index (χ1v) is 4.69. The Balaban J connectivity index is 2.61. The molecule has 0 spiro atoms. The lowest BCUT2D eigenvalue weighted by Gasteiger charge is -2.16. The number of aromatic amines is 1. The lowest BCUT2D eigenvalue weighted by Crippen LogP contribution is -2.46. The first-order chi connectivity index (χ1) is 7.50. The average molecular weight is 227 g/mol. The lowest BCUT2D eigenvalue weighted by atomic mass is 10.1. The summed E-state index contributed by atoms with van der Waals surface area (Å²) < 4.78 is 0. The van der Waals surface area contributed by atoms with Crippen LogP contribution in [0.1, 0.15) is 12.6 Å². The van der Waals surface area contributed by atoms with E-state index in [-0.39, 0.29) is 6.42 Å². The van der Waals surface area contributed by atoms with Gasteiger partial charge in [-0.1, -0.05) is 0 Å². The van der Waals surface area contributed by atoms with Gasteiger partial charge in [0.1, 0.15) is 12.1 Å². The summed E-state index contributed by atoms with van der Waals surface area (Å²) in [5, 5.41) is 20.1. The molecule has 0 aliphatic carbocycles. The molecule has 2 unspecified atom stereocenters. The largest absolute Gasteiger partial charge is 0.480 e. The lowest BCUT2D eigenvalue weighted by molar-refractivity contribution is -0.142. The molecule has 0 saturated heterocycles. The minimum atomic E-state index is -1.09. The molecule has 7 nitrogen and oxygen atoms in total. The summed E-state index contributed by atoms with van der Waals surface area (Å²) in [4.78, 5) is 28.0. The van der Waals surface area contributed by atoms with Crippen molar-refractivity contribution in [1.82, 2.24) is 15.3 Å². The molecule has 0 amide bonds. The van der Waals surface area contributed by atoms with Crippen molar-refractivity contribution in [2.45, 2.75) is 25.4 Å². The van der Waals surface area contributed by atoms with Crippen LogP contribution in [0.3, 0.4) is 0 Å². The number of hydrogen-bond donors (Lipinski definition) is 4. The molecular formula is C9H13N3O4. The third kappa shape index (κ3) is 3.35. The van der Waals surface area contributed by atoms with Gasteiger partial charge >= 0.3 is 11.9 Å². The fraction of sp³-hybridized carbons (Fsp3) is 0.444. The SMILES string of the molecule is CC(NC(Cc1cnc[nH]1)C(=O)O)C(=O)O. The predicted octanol–water partition coefficient (Wildman–Crippen LogP) is -0.532. The standard InChI is InChI=1S/C9H13N3O4/c1-5(8(13)14)12-7(9(15)16)2-6-3-10-4-11-6/h3-5,7,12H,2H2,1H3,(H,10,11)(H,13,14)(H,15,16). The first-order valence-electron chi connectivity index (χ1n) is 4.69. The van der Waals surface area contributed by atoms with Gasteiger partial charge in [0.2, 0.25) is 0 Å². The summed E-state index contributed by atoms with van der Waals surface area (Å²) in [7, 11) is 0. The van der Waals surface area contributed by atoms with Crippen molar-refractivity contribution >= 4 is 11.9 Å². The second kappa shape index (κ2) is 5.26. The Bertz CT molecular complexity index is 363. The summed E-state index contributed by atoms with van der Waals surface area (Å²) in [6, 6.07) is -1.87. The van der Waals surface area contributed by atoms with Crippen LogP contribution in [-0.2, 0) is 16.0 Å². The van der Waals surface area contributed by atoms with Crippen LogP contribution in [0.5, 0.6) is 0 Å². The molecule has 2 atom stereocenters. The zero-order chi connectivity index (χ0) is 12.1. The molecule has 16 heavy (non-hydrogen) atoms. The Morgan fingerprint density at radius 3 is 2.62 bits per heavy atom. The highest BCUT2D eigenvalue weighted by Crippen LogP contribution is 2.00. The fourth-order valence-electron chi connectivity index (χ4n) is 1.21. The van der Waals surface area contributed by atoms with Crippen molar-refractivity contribution in [2.24, 2.45) is 0 Å². The van der Waals surface area contributed by atoms with E-state index in [1.54, 1.807) is 0 Å². The average Bonchev–Trinajstić information content (AvgIpc) is 2.68. The van der Waals surface area contributed by atoms with Gasteiger partial charge < -0.3 is 15.2 Å². The number of imidazole rings is 1. The van der Waals surface area contributed by atoms with E-state index < -0.39 is 24.0 Å². The third-order valence-electron chi connectivity index (χ3n) is 2.10. The molecule has 1 aromatic rings. The number of carboxylic acids is 2. The van der Waals surface area contributed by atoms with Gasteiger partial charge in [-0.15, -0.1) is 0 Å². The van der Waals surface area contributed by atoms with Crippen LogP contribution >= 0.6 is 0 Å². The number of H-pyrrole nitrogens is 1. The van der Waals surface area contributed by atoms with Crippen molar-refractivity contribution in [1.29, 1.82) is 0 Å². The van der Waals surface area contributed by atoms with Crippen molar-refractivity contribution < 1.29 is 19.8 Å². The van der Waals surface area contributed by atoms with E-state index >= 15 is 0 Å². The van der Waals surface area contributed by atoms with E-state index in [0.29, 0.717) is 5.69 Å². The molecule has 0 fully saturated rings. The Kier molecular flexibility index (Phi) is 4.01. The summed E-state index contributed by atoms with van der Waals surface area (Å²) in [6.45, 7) is 1.39. The van der Waals surface area contributed by atoms with Gasteiger partial charge in [-0.05, 0) is 6.92 Å². The van der Waals surface area contributed by atoms with E-state index in [2.05, 4.69) is 15.3 Å². The minimum Gasteiger partial charge on any atom is -0.480 e. The number of rotatable bonds is 6. The van der Waals surface area contributed by atoms with Crippen LogP contribution < -0.4 is 5.32 Å². The van der Waals surface area contributed by atoms with Crippen LogP contribution in [0.25, 0.3) is 0 Å². The van der Waals surface area contributed by atoms with Crippen LogP contribution in [0.4, 0.5) is 0 Å². The topological polar surface area (TPSA) is 115 Å². The smallest absolute Gasteiger partial charge is 0.321 e. The maximum absolute atomic E-state index is 10.9. The molecule has 0 radical (unpaired) electrons. The molecule has 0 aliphatic heterocycles. The number of aromatic nitrogens is 2. The molecule has 1 aromatic heterocycles. The van der Waals surface area contributed by atoms with E-state index in [1.165, 1.54) is 19.4 Å². The number of carboxylic acid groups (broad SMARTS) is 2. The third-order valence-corrected chi connectivity index (χ3v) is 2.10. The van der Waals surface area contributed by atoms with Gasteiger partial charge in [-0.3, -0.25) is 14.9 Å². The van der Waals surface area contributed by atoms with Gasteiger partial charge in [-0.25, -0.2) is 4.98 Å². The normalized spacial score (nSPS) is 14.3. The quantitative estimate of drug-likeness (QED) is 0.519. The summed E-state index contributed by atoms with van der Waals surface area (Å²) >= 11 is 0. The Hall–Kier alpha value is -1.89. The van der Waals surface area contributed by atoms with Crippen LogP contribution in [-0.4, -0.2) is 44.2 Å². The molecule has 1 rings (SSSR count). The molecule has 0 aromatic carbocycles. The van der Waals surface area contributed by atoms with Gasteiger partial charge in [0.05, 0.1) is 6.33 Å². The molecule has 4 N–H and O–H groups in total. The molecule has 88 valence electrons. The molecule has 1 heterocycles. The summed E-state index contributed by atoms with van der Waals surface area (Å²) in [5.74, 6) is -2.18. The van der Waals surface area contributed by atoms with Crippen molar-refractivity contribution in [3.8, 4) is 0 Å². The summed E-state index contributed by atoms with van der Waals surface area (Å²) in [5.41, 5.74) is 0.637. The number of carbonyl (C=O) groups is 2. The molecule has 0 aliphatic rings. The molecule has 0 saturated carbocycles. The number of hydrogen-bond acceptors (Lipinski definition) is 4. The van der Waals surface area contributed by atoms with E-state index in [1.807, 2.05) is 0 Å². The fourth-order valence-corrected chi connectivity index (χ4v) is 1.21. The second-order valence-electron chi connectivity index (χ2n) is 3.40. The zero-order valence-corrected chi connectivity index (χ0v) is 8.67. The van der Waals surface area contributed by atoms with Gasteiger partial charge in [0.25, 0.3) is 0 Å². The highest BCUT2D eigenvalue weighted by molar-refractivity contribution is 5.77. The number of aliphatic carboxylic acids is 2. The van der Waals surface area contributed by atoms with Gasteiger partial charge in [0.15, 0.2) is 0 Å². The molecular weight excluding hydrogens is 214 g/mol. The summed E-state index contributed by atoms with van der Waals surface area (Å²) in [6.07, 6.45) is 3.10. The maximum atomic E-state index is 10.9. The van der Waals surface area contributed by atoms with Crippen LogP contribution in [0.15, 0.2) is 12.5 Å². The number of nitrogens with one attached hydrogen (secondary N) is 2. The van der Waals surface area contributed by atoms with Gasteiger partial charge in [0, 0.05) is 18.3 Å². The molecule has 7 heteroatoms. The first kappa shape index (κ1) is 12.2.